The van der Waals surface area contributed by atoms with Crippen molar-refractivity contribution in [1.82, 2.24) is 0 Å². The van der Waals surface area contributed by atoms with Crippen LogP contribution in [0.3, 0.4) is 0 Å². The average Bonchev–Trinajstić information content (AvgIpc) is 2.89. The van der Waals surface area contributed by atoms with Crippen molar-refractivity contribution in [3.8, 4) is 0 Å². The Morgan fingerprint density at radius 3 is 2.70 bits per heavy atom. The molecular formula is C16H18ClNO2. The summed E-state index contributed by atoms with van der Waals surface area (Å²) in [5.74, 6) is 1.23. The molecule has 1 aliphatic rings. The highest BCUT2D eigenvalue weighted by molar-refractivity contribution is 6.31. The molecule has 0 amide bonds. The van der Waals surface area contributed by atoms with Gasteiger partial charge in [-0.2, -0.15) is 0 Å². The third kappa shape index (κ3) is 2.60. The van der Waals surface area contributed by atoms with Crippen molar-refractivity contribution in [3.05, 3.63) is 35.0 Å². The van der Waals surface area contributed by atoms with E-state index in [1.54, 1.807) is 18.2 Å². The molecule has 0 atom stereocenters. The molecule has 2 N–H and O–H groups in total. The average molecular weight is 292 g/mol. The minimum Gasteiger partial charge on any atom is -0.453 e. The number of ketones is 1. The maximum atomic E-state index is 12.5. The van der Waals surface area contributed by atoms with Crippen LogP contribution in [0.4, 0.5) is 0 Å². The molecule has 0 aliphatic heterocycles. The summed E-state index contributed by atoms with van der Waals surface area (Å²) in [5, 5.41) is 1.54. The maximum Gasteiger partial charge on any atom is 0.201 e. The molecule has 0 saturated heterocycles. The molecule has 20 heavy (non-hydrogen) atoms. The van der Waals surface area contributed by atoms with E-state index in [2.05, 4.69) is 0 Å². The molecular weight excluding hydrogens is 274 g/mol. The van der Waals surface area contributed by atoms with Crippen molar-refractivity contribution in [3.63, 3.8) is 0 Å². The Morgan fingerprint density at radius 2 is 2.00 bits per heavy atom. The monoisotopic (exact) mass is 291 g/mol. The molecule has 1 aromatic carbocycles. The number of furan rings is 1. The first-order chi connectivity index (χ1) is 9.67. The van der Waals surface area contributed by atoms with Crippen LogP contribution in [-0.4, -0.2) is 12.3 Å². The van der Waals surface area contributed by atoms with E-state index in [-0.39, 0.29) is 11.7 Å². The number of carbonyl (C=O) groups excluding carboxylic acids is 1. The highest BCUT2D eigenvalue weighted by atomic mass is 35.5. The van der Waals surface area contributed by atoms with Crippen molar-refractivity contribution in [2.24, 2.45) is 17.6 Å². The summed E-state index contributed by atoms with van der Waals surface area (Å²) in [7, 11) is 0. The zero-order chi connectivity index (χ0) is 14.1. The lowest BCUT2D eigenvalue weighted by Crippen LogP contribution is -2.25. The van der Waals surface area contributed by atoms with Crippen LogP contribution in [0.25, 0.3) is 11.0 Å². The first-order valence-electron chi connectivity index (χ1n) is 7.10. The summed E-state index contributed by atoms with van der Waals surface area (Å²) >= 11 is 5.95. The van der Waals surface area contributed by atoms with Gasteiger partial charge in [-0.3, -0.25) is 4.79 Å². The number of rotatable bonds is 3. The molecule has 0 spiro atoms. The van der Waals surface area contributed by atoms with Crippen LogP contribution < -0.4 is 5.73 Å². The zero-order valence-corrected chi connectivity index (χ0v) is 12.0. The fourth-order valence-corrected chi connectivity index (χ4v) is 3.18. The van der Waals surface area contributed by atoms with E-state index in [9.17, 15) is 4.79 Å². The van der Waals surface area contributed by atoms with Gasteiger partial charge in [0.05, 0.1) is 0 Å². The van der Waals surface area contributed by atoms with Crippen molar-refractivity contribution in [1.29, 1.82) is 0 Å². The molecule has 3 rings (SSSR count). The number of Topliss-reactive ketones (excluding diaryl/α,β-unsaturated/α-hetero) is 1. The second kappa shape index (κ2) is 5.58. The summed E-state index contributed by atoms with van der Waals surface area (Å²) in [6.45, 7) is 0.726. The third-order valence-electron chi connectivity index (χ3n) is 4.27. The number of benzene rings is 1. The summed E-state index contributed by atoms with van der Waals surface area (Å²) in [6.07, 6.45) is 3.91. The lowest BCUT2D eigenvalue weighted by Gasteiger charge is -2.25. The van der Waals surface area contributed by atoms with Gasteiger partial charge >= 0.3 is 0 Å². The molecule has 1 heterocycles. The molecule has 1 aliphatic carbocycles. The van der Waals surface area contributed by atoms with Crippen molar-refractivity contribution in [2.75, 3.05) is 6.54 Å². The van der Waals surface area contributed by atoms with Gasteiger partial charge in [0.25, 0.3) is 0 Å². The van der Waals surface area contributed by atoms with Gasteiger partial charge in [0.15, 0.2) is 5.76 Å². The maximum absolute atomic E-state index is 12.5. The lowest BCUT2D eigenvalue weighted by atomic mass is 9.79. The molecule has 4 heteroatoms. The number of fused-ring (bicyclic) bond motifs is 1. The number of nitrogens with two attached hydrogens (primary N) is 1. The summed E-state index contributed by atoms with van der Waals surface area (Å²) in [4.78, 5) is 12.5. The van der Waals surface area contributed by atoms with E-state index >= 15 is 0 Å². The van der Waals surface area contributed by atoms with Gasteiger partial charge in [0.1, 0.15) is 5.58 Å². The van der Waals surface area contributed by atoms with E-state index in [1.165, 1.54) is 0 Å². The van der Waals surface area contributed by atoms with E-state index in [1.807, 2.05) is 6.07 Å². The third-order valence-corrected chi connectivity index (χ3v) is 4.51. The molecule has 0 bridgehead atoms. The van der Waals surface area contributed by atoms with Gasteiger partial charge in [-0.05, 0) is 62.4 Å². The van der Waals surface area contributed by atoms with Gasteiger partial charge in [-0.1, -0.05) is 11.6 Å². The predicted octanol–water partition coefficient (Wildman–Crippen LogP) is 4.03. The summed E-state index contributed by atoms with van der Waals surface area (Å²) < 4.78 is 5.66. The second-order valence-electron chi connectivity index (χ2n) is 5.61. The smallest absolute Gasteiger partial charge is 0.201 e. The lowest BCUT2D eigenvalue weighted by molar-refractivity contribution is 0.0847. The molecule has 2 aromatic rings. The fraction of sp³-hybridized carbons (Fsp3) is 0.438. The first kappa shape index (κ1) is 13.7. The SMILES string of the molecule is NCC1CCC(C(=O)c2cc3cc(Cl)ccc3o2)CC1. The minimum atomic E-state index is 0.0776. The highest BCUT2D eigenvalue weighted by Crippen LogP contribution is 2.32. The van der Waals surface area contributed by atoms with Crippen molar-refractivity contribution in [2.45, 2.75) is 25.7 Å². The topological polar surface area (TPSA) is 56.2 Å². The quantitative estimate of drug-likeness (QED) is 0.869. The van der Waals surface area contributed by atoms with E-state index < -0.39 is 0 Å². The Balaban J connectivity index is 1.79. The number of carbonyl (C=O) groups is 1. The molecule has 1 fully saturated rings. The van der Waals surface area contributed by atoms with Crippen molar-refractivity contribution >= 4 is 28.4 Å². The molecule has 1 aromatic heterocycles. The standard InChI is InChI=1S/C16H18ClNO2/c17-13-5-6-14-12(7-13)8-15(20-14)16(19)11-3-1-10(9-18)2-4-11/h5-8,10-11H,1-4,9,18H2. The second-order valence-corrected chi connectivity index (χ2v) is 6.05. The normalized spacial score (nSPS) is 23.1. The predicted molar refractivity (Wildman–Crippen MR) is 80.1 cm³/mol. The van der Waals surface area contributed by atoms with Crippen LogP contribution in [0.5, 0.6) is 0 Å². The van der Waals surface area contributed by atoms with Gasteiger partial charge in [0.2, 0.25) is 5.78 Å². The molecule has 0 radical (unpaired) electrons. The summed E-state index contributed by atoms with van der Waals surface area (Å²) in [5.41, 5.74) is 6.40. The molecule has 0 unspecified atom stereocenters. The number of halogens is 1. The van der Waals surface area contributed by atoms with Gasteiger partial charge < -0.3 is 10.2 Å². The van der Waals surface area contributed by atoms with Gasteiger partial charge in [-0.25, -0.2) is 0 Å². The van der Waals surface area contributed by atoms with Crippen LogP contribution in [0.15, 0.2) is 28.7 Å². The Hall–Kier alpha value is -1.32. The largest absolute Gasteiger partial charge is 0.453 e. The number of hydrogen-bond donors (Lipinski definition) is 1. The molecule has 3 nitrogen and oxygen atoms in total. The summed E-state index contributed by atoms with van der Waals surface area (Å²) in [6, 6.07) is 7.20. The van der Waals surface area contributed by atoms with E-state index in [4.69, 9.17) is 21.8 Å². The van der Waals surface area contributed by atoms with Crippen LogP contribution >= 0.6 is 11.6 Å². The van der Waals surface area contributed by atoms with Crippen LogP contribution in [0.2, 0.25) is 5.02 Å². The van der Waals surface area contributed by atoms with Gasteiger partial charge in [0, 0.05) is 16.3 Å². The highest BCUT2D eigenvalue weighted by Gasteiger charge is 2.28. The van der Waals surface area contributed by atoms with Crippen molar-refractivity contribution < 1.29 is 9.21 Å². The fourth-order valence-electron chi connectivity index (χ4n) is 3.00. The van der Waals surface area contributed by atoms with Crippen LogP contribution in [-0.2, 0) is 0 Å². The zero-order valence-electron chi connectivity index (χ0n) is 11.3. The Morgan fingerprint density at radius 1 is 1.25 bits per heavy atom. The van der Waals surface area contributed by atoms with E-state index in [0.29, 0.717) is 22.3 Å². The Bertz CT molecular complexity index is 626. The minimum absolute atomic E-state index is 0.0776. The van der Waals surface area contributed by atoms with Crippen LogP contribution in [0.1, 0.15) is 36.2 Å². The Labute approximate surface area is 123 Å². The van der Waals surface area contributed by atoms with Gasteiger partial charge in [-0.15, -0.1) is 0 Å². The van der Waals surface area contributed by atoms with Crippen LogP contribution in [0, 0.1) is 11.8 Å². The van der Waals surface area contributed by atoms with E-state index in [0.717, 1.165) is 37.6 Å². The number of hydrogen-bond acceptors (Lipinski definition) is 3. The first-order valence-corrected chi connectivity index (χ1v) is 7.48. The molecule has 106 valence electrons. The Kier molecular flexibility index (Phi) is 3.81. The molecule has 1 saturated carbocycles.